The first-order valence-corrected chi connectivity index (χ1v) is 22.5. The van der Waals surface area contributed by atoms with E-state index in [2.05, 4.69) is 30.9 Å². The van der Waals surface area contributed by atoms with Crippen LogP contribution in [-0.2, 0) is 37.4 Å². The first-order valence-electron chi connectivity index (χ1n) is 18.2. The zero-order chi connectivity index (χ0) is 46.9. The van der Waals surface area contributed by atoms with Crippen LogP contribution < -0.4 is 21.5 Å². The number of aromatic nitrogens is 4. The summed E-state index contributed by atoms with van der Waals surface area (Å²) in [6.45, 7) is 0. The lowest BCUT2D eigenvalue weighted by molar-refractivity contribution is 0.0696. The maximum Gasteiger partial charge on any atom is 0.335 e. The molecule has 0 spiro atoms. The summed E-state index contributed by atoms with van der Waals surface area (Å²) < 4.78 is 107. The summed E-state index contributed by atoms with van der Waals surface area (Å²) in [5.41, 5.74) is -3.21. The third-order valence-electron chi connectivity index (χ3n) is 10.0. The fraction of sp³-hybridized carbons (Fsp3) is 0.0250. The summed E-state index contributed by atoms with van der Waals surface area (Å²) in [7, 11) is -14.3. The molecule has 0 fully saturated rings. The maximum absolute atomic E-state index is 14.5. The minimum absolute atomic E-state index is 0.0188. The molecule has 65 heavy (non-hydrogen) atoms. The highest BCUT2D eigenvalue weighted by Crippen LogP contribution is 2.45. The van der Waals surface area contributed by atoms with Crippen molar-refractivity contribution in [3.63, 3.8) is 0 Å². The van der Waals surface area contributed by atoms with Crippen LogP contribution in [0.15, 0.2) is 117 Å². The van der Waals surface area contributed by atoms with E-state index in [9.17, 15) is 68.3 Å². The lowest BCUT2D eigenvalue weighted by Gasteiger charge is -2.26. The number of aryl methyl sites for hydroxylation is 1. The largest absolute Gasteiger partial charge is 0.479 e. The number of rotatable bonds is 12. The van der Waals surface area contributed by atoms with E-state index in [1.807, 2.05) is 0 Å². The Bertz CT molecular complexity index is 3670. The number of aromatic hydroxyl groups is 1. The highest BCUT2D eigenvalue weighted by Gasteiger charge is 2.35. The normalized spacial score (nSPS) is 12.4. The summed E-state index contributed by atoms with van der Waals surface area (Å²) in [6, 6.07) is 18.2. The number of pyridine rings is 1. The summed E-state index contributed by atoms with van der Waals surface area (Å²) in [4.78, 5) is 62.8. The van der Waals surface area contributed by atoms with Crippen molar-refractivity contribution in [2.24, 2.45) is 7.05 Å². The number of hydrogen-bond donors (Lipinski definition) is 8. The number of benzene rings is 5. The summed E-state index contributed by atoms with van der Waals surface area (Å²) in [5.74, 6) is -3.89. The highest BCUT2D eigenvalue weighted by atomic mass is 32.2. The smallest absolute Gasteiger partial charge is 0.335 e. The SMILES string of the molecule is Cn1c(=O)c(C(=O)c2cccc(S(=O)(=O)O)c2)c2c3c(c(Nc4cc(Nc5nc(O)nc(Nc6ccc(C(=O)O)cc6)n5)c(S(=O)(=O)O)cc4S(=O)(=O)O)ccc31)C(=O)c1ccccc1-2. The number of carbonyl (C=O) groups excluding carboxylic acids is 2. The van der Waals surface area contributed by atoms with Crippen LogP contribution in [0.4, 0.5) is 34.6 Å². The zero-order valence-corrected chi connectivity index (χ0v) is 35.0. The van der Waals surface area contributed by atoms with Crippen molar-refractivity contribution in [2.75, 3.05) is 16.0 Å². The van der Waals surface area contributed by atoms with Crippen LogP contribution in [-0.4, -0.2) is 86.2 Å². The van der Waals surface area contributed by atoms with Gasteiger partial charge in [-0.1, -0.05) is 36.4 Å². The molecule has 25 heteroatoms. The number of ketones is 2. The van der Waals surface area contributed by atoms with Gasteiger partial charge in [-0.15, -0.1) is 0 Å². The molecule has 330 valence electrons. The van der Waals surface area contributed by atoms with Gasteiger partial charge < -0.3 is 30.7 Å². The summed E-state index contributed by atoms with van der Waals surface area (Å²) in [5, 5.41) is 27.4. The van der Waals surface area contributed by atoms with Gasteiger partial charge in [0.1, 0.15) is 9.79 Å². The Labute approximate surface area is 365 Å². The first-order chi connectivity index (χ1) is 30.5. The lowest BCUT2D eigenvalue weighted by Crippen LogP contribution is -2.29. The second-order valence-corrected chi connectivity index (χ2v) is 18.2. The quantitative estimate of drug-likeness (QED) is 0.0615. The van der Waals surface area contributed by atoms with Gasteiger partial charge in [-0.2, -0.15) is 40.2 Å². The van der Waals surface area contributed by atoms with Crippen molar-refractivity contribution < 1.29 is 63.5 Å². The average Bonchev–Trinajstić information content (AvgIpc) is 3.23. The van der Waals surface area contributed by atoms with E-state index in [1.54, 1.807) is 0 Å². The van der Waals surface area contributed by atoms with Crippen LogP contribution in [0.2, 0.25) is 0 Å². The van der Waals surface area contributed by atoms with E-state index in [4.69, 9.17) is 0 Å². The second-order valence-electron chi connectivity index (χ2n) is 14.0. The van der Waals surface area contributed by atoms with Crippen molar-refractivity contribution in [1.82, 2.24) is 19.5 Å². The van der Waals surface area contributed by atoms with Crippen LogP contribution in [0.25, 0.3) is 22.0 Å². The molecule has 0 amide bonds. The summed E-state index contributed by atoms with van der Waals surface area (Å²) >= 11 is 0. The van der Waals surface area contributed by atoms with Crippen LogP contribution in [0, 0.1) is 0 Å². The molecule has 7 aromatic rings. The molecule has 0 saturated carbocycles. The van der Waals surface area contributed by atoms with Crippen molar-refractivity contribution in [3.05, 3.63) is 135 Å². The number of carboxylic acid groups (broad SMARTS) is 1. The van der Waals surface area contributed by atoms with Crippen molar-refractivity contribution in [1.29, 1.82) is 0 Å². The zero-order valence-electron chi connectivity index (χ0n) is 32.6. The number of hydrogen-bond acceptors (Lipinski definition) is 17. The van der Waals surface area contributed by atoms with Crippen LogP contribution >= 0.6 is 0 Å². The number of carboxylic acids is 1. The molecule has 5 aromatic carbocycles. The predicted molar refractivity (Wildman–Crippen MR) is 229 cm³/mol. The first kappa shape index (κ1) is 43.7. The fourth-order valence-corrected chi connectivity index (χ4v) is 9.09. The fourth-order valence-electron chi connectivity index (χ4n) is 7.18. The standard InChI is InChI=1S/C40H27N7O15S3/c1-47-27-14-13-24(31-32(27)30(22-7-2-3-8-23(22)35(31)49)33(36(47)50)34(48)19-5-4-6-21(15-19)63(54,55)56)42-25-16-26(29(65(60,61)62)17-28(25)64(57,58)59)43-39-44-38(45-40(53)46-39)41-20-11-9-18(10-12-20)37(51)52/h2-17,42H,1H3,(H,51,52)(H,54,55,56)(H,57,58,59)(H,60,61,62)(H3,41,43,44,45,46,53). The third kappa shape index (κ3) is 8.12. The molecule has 2 aromatic heterocycles. The van der Waals surface area contributed by atoms with Gasteiger partial charge in [-0.3, -0.25) is 28.0 Å². The van der Waals surface area contributed by atoms with Gasteiger partial charge in [0.05, 0.1) is 44.2 Å². The Hall–Kier alpha value is -7.94. The number of aromatic carboxylic acids is 1. The average molecular weight is 942 g/mol. The highest BCUT2D eigenvalue weighted by molar-refractivity contribution is 7.87. The minimum Gasteiger partial charge on any atom is -0.479 e. The lowest BCUT2D eigenvalue weighted by atomic mass is 9.80. The van der Waals surface area contributed by atoms with E-state index in [1.165, 1.54) is 79.8 Å². The molecule has 8 N–H and O–H groups in total. The van der Waals surface area contributed by atoms with Gasteiger partial charge in [0.25, 0.3) is 35.9 Å². The molecule has 0 atom stereocenters. The van der Waals surface area contributed by atoms with Gasteiger partial charge >= 0.3 is 12.0 Å². The Morgan fingerprint density at radius 3 is 1.85 bits per heavy atom. The number of anilines is 6. The van der Waals surface area contributed by atoms with Crippen molar-refractivity contribution in [2.45, 2.75) is 14.7 Å². The van der Waals surface area contributed by atoms with Crippen molar-refractivity contribution >= 4 is 93.4 Å². The second kappa shape index (κ2) is 15.7. The Kier molecular flexibility index (Phi) is 10.6. The van der Waals surface area contributed by atoms with E-state index in [0.717, 1.165) is 22.8 Å². The van der Waals surface area contributed by atoms with Gasteiger partial charge in [-0.25, -0.2) is 4.79 Å². The van der Waals surface area contributed by atoms with Crippen LogP contribution in [0.5, 0.6) is 6.01 Å². The Morgan fingerprint density at radius 1 is 0.615 bits per heavy atom. The van der Waals surface area contributed by atoms with E-state index < -0.39 is 97.0 Å². The van der Waals surface area contributed by atoms with E-state index in [-0.39, 0.29) is 61.6 Å². The third-order valence-corrected chi connectivity index (χ3v) is 12.7. The summed E-state index contributed by atoms with van der Waals surface area (Å²) in [6.07, 6.45) is 0. The maximum atomic E-state index is 14.5. The molecular weight excluding hydrogens is 915 g/mol. The Balaban J connectivity index is 1.31. The van der Waals surface area contributed by atoms with Gasteiger partial charge in [0.2, 0.25) is 11.9 Å². The molecule has 8 rings (SSSR count). The molecule has 0 saturated heterocycles. The minimum atomic E-state index is -5.41. The van der Waals surface area contributed by atoms with Gasteiger partial charge in [0, 0.05) is 34.8 Å². The molecule has 1 aliphatic carbocycles. The number of fused-ring (bicyclic) bond motifs is 2. The number of carbonyl (C=O) groups is 3. The molecule has 0 bridgehead atoms. The molecule has 1 aliphatic rings. The van der Waals surface area contributed by atoms with E-state index >= 15 is 0 Å². The van der Waals surface area contributed by atoms with Crippen LogP contribution in [0.1, 0.15) is 42.2 Å². The molecule has 22 nitrogen and oxygen atoms in total. The predicted octanol–water partition coefficient (Wildman–Crippen LogP) is 4.54. The van der Waals surface area contributed by atoms with E-state index in [0.29, 0.717) is 6.07 Å². The molecule has 2 heterocycles. The number of nitrogens with zero attached hydrogens (tertiary/aromatic N) is 4. The molecular formula is C40H27N7O15S3. The molecule has 0 radical (unpaired) electrons. The molecule has 0 unspecified atom stereocenters. The topological polar surface area (TPSA) is 352 Å². The van der Waals surface area contributed by atoms with Gasteiger partial charge in [-0.05, 0) is 66.2 Å². The monoisotopic (exact) mass is 941 g/mol. The molecule has 0 aliphatic heterocycles. The number of nitrogens with one attached hydrogen (secondary N) is 3. The Morgan fingerprint density at radius 2 is 1.23 bits per heavy atom. The van der Waals surface area contributed by atoms with Crippen molar-refractivity contribution in [3.8, 4) is 17.1 Å². The van der Waals surface area contributed by atoms with Crippen LogP contribution in [0.3, 0.4) is 0 Å². The van der Waals surface area contributed by atoms with Gasteiger partial charge in [0.15, 0.2) is 11.6 Å².